The second-order valence-corrected chi connectivity index (χ2v) is 6.00. The molecule has 1 aromatic heterocycles. The summed E-state index contributed by atoms with van der Waals surface area (Å²) in [7, 11) is 0. The Morgan fingerprint density at radius 3 is 2.61 bits per heavy atom. The summed E-state index contributed by atoms with van der Waals surface area (Å²) in [6, 6.07) is 17.6. The average molecular weight is 323 g/mol. The lowest BCUT2D eigenvalue weighted by Crippen LogP contribution is -2.28. The molecule has 116 valence electrons. The molecule has 0 bridgehead atoms. The molecule has 0 fully saturated rings. The van der Waals surface area contributed by atoms with Crippen molar-refractivity contribution in [1.82, 2.24) is 10.3 Å². The van der Waals surface area contributed by atoms with Crippen LogP contribution in [0.3, 0.4) is 0 Å². The molecule has 0 saturated heterocycles. The summed E-state index contributed by atoms with van der Waals surface area (Å²) in [6.07, 6.45) is 0. The van der Waals surface area contributed by atoms with Crippen molar-refractivity contribution in [1.29, 1.82) is 0 Å². The molecule has 0 unspecified atom stereocenters. The summed E-state index contributed by atoms with van der Waals surface area (Å²) in [5.41, 5.74) is 4.17. The molecule has 0 aliphatic heterocycles. The first-order chi connectivity index (χ1) is 11.2. The first-order valence-electron chi connectivity index (χ1n) is 7.32. The van der Waals surface area contributed by atoms with Crippen molar-refractivity contribution in [3.05, 3.63) is 71.1 Å². The Morgan fingerprint density at radius 1 is 1.09 bits per heavy atom. The predicted octanol–water partition coefficient (Wildman–Crippen LogP) is 4.44. The Balaban J connectivity index is 1.58. The van der Waals surface area contributed by atoms with E-state index in [9.17, 15) is 4.79 Å². The van der Waals surface area contributed by atoms with Crippen LogP contribution in [-0.4, -0.2) is 11.0 Å². The van der Waals surface area contributed by atoms with Gasteiger partial charge in [0.05, 0.1) is 5.69 Å². The number of hydrogen-bond acceptors (Lipinski definition) is 3. The van der Waals surface area contributed by atoms with Crippen molar-refractivity contribution in [2.75, 3.05) is 5.32 Å². The third-order valence-corrected chi connectivity index (χ3v) is 4.25. The fourth-order valence-electron chi connectivity index (χ4n) is 2.20. The van der Waals surface area contributed by atoms with E-state index in [1.165, 1.54) is 11.3 Å². The Morgan fingerprint density at radius 2 is 1.83 bits per heavy atom. The highest BCUT2D eigenvalue weighted by atomic mass is 32.1. The molecular weight excluding hydrogens is 306 g/mol. The van der Waals surface area contributed by atoms with Gasteiger partial charge >= 0.3 is 6.03 Å². The SMILES string of the molecule is Cc1ccccc1CNC(=O)Nc1nc(-c2ccccc2)cs1. The standard InChI is InChI=1S/C18H17N3OS/c1-13-7-5-6-10-15(13)11-19-17(22)21-18-20-16(12-23-18)14-8-3-2-4-9-14/h2-10,12H,11H2,1H3,(H2,19,20,21,22). The summed E-state index contributed by atoms with van der Waals surface area (Å²) in [5, 5.41) is 8.16. The van der Waals surface area contributed by atoms with Gasteiger partial charge in [-0.3, -0.25) is 5.32 Å². The van der Waals surface area contributed by atoms with Crippen LogP contribution in [0.5, 0.6) is 0 Å². The zero-order chi connectivity index (χ0) is 16.1. The molecule has 1 heterocycles. The summed E-state index contributed by atoms with van der Waals surface area (Å²) in [4.78, 5) is 16.4. The summed E-state index contributed by atoms with van der Waals surface area (Å²) in [6.45, 7) is 2.53. The largest absolute Gasteiger partial charge is 0.334 e. The number of nitrogens with zero attached hydrogens (tertiary/aromatic N) is 1. The van der Waals surface area contributed by atoms with Crippen LogP contribution < -0.4 is 10.6 Å². The lowest BCUT2D eigenvalue weighted by atomic mass is 10.1. The van der Waals surface area contributed by atoms with Gasteiger partial charge < -0.3 is 5.32 Å². The molecule has 4 nitrogen and oxygen atoms in total. The molecule has 0 saturated carbocycles. The number of amides is 2. The Kier molecular flexibility index (Phi) is 4.68. The second-order valence-electron chi connectivity index (χ2n) is 5.14. The number of nitrogens with one attached hydrogen (secondary N) is 2. The van der Waals surface area contributed by atoms with E-state index in [1.807, 2.05) is 66.9 Å². The van der Waals surface area contributed by atoms with Gasteiger partial charge in [-0.25, -0.2) is 9.78 Å². The Bertz CT molecular complexity index is 799. The number of aromatic nitrogens is 1. The van der Waals surface area contributed by atoms with Crippen LogP contribution in [0.25, 0.3) is 11.3 Å². The van der Waals surface area contributed by atoms with E-state index in [-0.39, 0.29) is 6.03 Å². The molecule has 2 amide bonds. The van der Waals surface area contributed by atoms with Crippen molar-refractivity contribution >= 4 is 22.5 Å². The van der Waals surface area contributed by atoms with Gasteiger partial charge in [-0.1, -0.05) is 54.6 Å². The third-order valence-electron chi connectivity index (χ3n) is 3.49. The van der Waals surface area contributed by atoms with Crippen LogP contribution in [0, 0.1) is 6.92 Å². The Labute approximate surface area is 139 Å². The monoisotopic (exact) mass is 323 g/mol. The van der Waals surface area contributed by atoms with Crippen molar-refractivity contribution in [3.8, 4) is 11.3 Å². The normalized spacial score (nSPS) is 10.3. The molecule has 0 aliphatic rings. The number of carbonyl (C=O) groups excluding carboxylic acids is 1. The minimum atomic E-state index is -0.248. The van der Waals surface area contributed by atoms with Gasteiger partial charge in [0, 0.05) is 17.5 Å². The predicted molar refractivity (Wildman–Crippen MR) is 94.6 cm³/mol. The summed E-state index contributed by atoms with van der Waals surface area (Å²) < 4.78 is 0. The molecule has 0 atom stereocenters. The second kappa shape index (κ2) is 7.07. The zero-order valence-electron chi connectivity index (χ0n) is 12.7. The number of anilines is 1. The van der Waals surface area contributed by atoms with E-state index < -0.39 is 0 Å². The molecule has 2 aromatic carbocycles. The van der Waals surface area contributed by atoms with E-state index in [0.29, 0.717) is 11.7 Å². The first-order valence-corrected chi connectivity index (χ1v) is 8.20. The number of urea groups is 1. The smallest absolute Gasteiger partial charge is 0.321 e. The fourth-order valence-corrected chi connectivity index (χ4v) is 2.91. The number of rotatable bonds is 4. The van der Waals surface area contributed by atoms with Crippen molar-refractivity contribution in [3.63, 3.8) is 0 Å². The van der Waals surface area contributed by atoms with Crippen LogP contribution in [0.4, 0.5) is 9.93 Å². The van der Waals surface area contributed by atoms with E-state index in [2.05, 4.69) is 15.6 Å². The van der Waals surface area contributed by atoms with Crippen molar-refractivity contribution in [2.45, 2.75) is 13.5 Å². The molecule has 0 radical (unpaired) electrons. The highest BCUT2D eigenvalue weighted by molar-refractivity contribution is 7.14. The zero-order valence-corrected chi connectivity index (χ0v) is 13.6. The third kappa shape index (κ3) is 3.96. The van der Waals surface area contributed by atoms with E-state index in [1.54, 1.807) is 0 Å². The van der Waals surface area contributed by atoms with Gasteiger partial charge in [0.1, 0.15) is 0 Å². The quantitative estimate of drug-likeness (QED) is 0.746. The maximum atomic E-state index is 12.0. The van der Waals surface area contributed by atoms with Gasteiger partial charge in [-0.2, -0.15) is 0 Å². The molecule has 23 heavy (non-hydrogen) atoms. The molecular formula is C18H17N3OS. The number of hydrogen-bond donors (Lipinski definition) is 2. The van der Waals surface area contributed by atoms with E-state index in [0.717, 1.165) is 22.4 Å². The highest BCUT2D eigenvalue weighted by Crippen LogP contribution is 2.24. The van der Waals surface area contributed by atoms with Gasteiger partial charge in [-0.15, -0.1) is 11.3 Å². The average Bonchev–Trinajstić information content (AvgIpc) is 3.03. The number of aryl methyl sites for hydroxylation is 1. The van der Waals surface area contributed by atoms with Crippen LogP contribution in [0.15, 0.2) is 60.0 Å². The fraction of sp³-hybridized carbons (Fsp3) is 0.111. The van der Waals surface area contributed by atoms with Gasteiger partial charge in [0.2, 0.25) is 0 Å². The van der Waals surface area contributed by atoms with Crippen LogP contribution >= 0.6 is 11.3 Å². The Hall–Kier alpha value is -2.66. The van der Waals surface area contributed by atoms with Crippen LogP contribution in [0.2, 0.25) is 0 Å². The maximum Gasteiger partial charge on any atom is 0.321 e. The van der Waals surface area contributed by atoms with Crippen LogP contribution in [-0.2, 0) is 6.54 Å². The molecule has 0 spiro atoms. The number of thiazole rings is 1. The minimum Gasteiger partial charge on any atom is -0.334 e. The molecule has 3 rings (SSSR count). The minimum absolute atomic E-state index is 0.248. The molecule has 5 heteroatoms. The van der Waals surface area contributed by atoms with E-state index in [4.69, 9.17) is 0 Å². The van der Waals surface area contributed by atoms with Crippen molar-refractivity contribution in [2.24, 2.45) is 0 Å². The maximum absolute atomic E-state index is 12.0. The lowest BCUT2D eigenvalue weighted by Gasteiger charge is -2.07. The molecule has 2 N–H and O–H groups in total. The van der Waals surface area contributed by atoms with Gasteiger partial charge in [0.15, 0.2) is 5.13 Å². The summed E-state index contributed by atoms with van der Waals surface area (Å²) >= 11 is 1.41. The van der Waals surface area contributed by atoms with E-state index >= 15 is 0 Å². The molecule has 3 aromatic rings. The van der Waals surface area contributed by atoms with Crippen molar-refractivity contribution < 1.29 is 4.79 Å². The topological polar surface area (TPSA) is 54.0 Å². The van der Waals surface area contributed by atoms with Gasteiger partial charge in [-0.05, 0) is 18.1 Å². The van der Waals surface area contributed by atoms with Gasteiger partial charge in [0.25, 0.3) is 0 Å². The highest BCUT2D eigenvalue weighted by Gasteiger charge is 2.08. The molecule has 0 aliphatic carbocycles. The number of benzene rings is 2. The van der Waals surface area contributed by atoms with Crippen LogP contribution in [0.1, 0.15) is 11.1 Å². The number of carbonyl (C=O) groups is 1. The lowest BCUT2D eigenvalue weighted by molar-refractivity contribution is 0.251. The first kappa shape index (κ1) is 15.2. The summed E-state index contributed by atoms with van der Waals surface area (Å²) in [5.74, 6) is 0.